The van der Waals surface area contributed by atoms with E-state index in [1.54, 1.807) is 7.11 Å². The van der Waals surface area contributed by atoms with Crippen LogP contribution in [-0.4, -0.2) is 21.4 Å². The van der Waals surface area contributed by atoms with Gasteiger partial charge in [-0.1, -0.05) is 91.0 Å². The second-order valence-corrected chi connectivity index (χ2v) is 15.6. The van der Waals surface area contributed by atoms with E-state index in [9.17, 15) is 4.89 Å². The molecule has 0 fully saturated rings. The molecule has 0 aliphatic rings. The fourth-order valence-corrected chi connectivity index (χ4v) is 10.5. The molecule has 2 heterocycles. The fourth-order valence-electron chi connectivity index (χ4n) is 7.62. The minimum Gasteiger partial charge on any atom is -0.497 e. The molecule has 0 unspecified atom stereocenters. The zero-order chi connectivity index (χ0) is 33.3. The molecule has 4 nitrogen and oxygen atoms in total. The third-order valence-electron chi connectivity index (χ3n) is 9.96. The van der Waals surface area contributed by atoms with Gasteiger partial charge in [-0.15, -0.1) is 0 Å². The summed E-state index contributed by atoms with van der Waals surface area (Å²) in [5.41, 5.74) is 6.93. The highest BCUT2D eigenvalue weighted by atomic mass is 31.2. The quantitative estimate of drug-likeness (QED) is 0.188. The van der Waals surface area contributed by atoms with Crippen molar-refractivity contribution in [3.63, 3.8) is 0 Å². The van der Waals surface area contributed by atoms with Crippen LogP contribution in [0.25, 0.3) is 60.1 Å². The van der Waals surface area contributed by atoms with Gasteiger partial charge < -0.3 is 9.14 Å². The molecule has 49 heavy (non-hydrogen) atoms. The average molecular weight is 654 g/mol. The Kier molecular flexibility index (Phi) is 6.81. The Balaban J connectivity index is 1.45. The first-order valence-corrected chi connectivity index (χ1v) is 18.3. The van der Waals surface area contributed by atoms with Crippen LogP contribution in [0.2, 0.25) is 0 Å². The van der Waals surface area contributed by atoms with Gasteiger partial charge >= 0.3 is 0 Å². The minimum atomic E-state index is -3.27. The number of fused-ring (bicyclic) bond motifs is 6. The van der Waals surface area contributed by atoms with Gasteiger partial charge in [0.15, 0.2) is 0 Å². The van der Waals surface area contributed by atoms with Crippen molar-refractivity contribution in [1.29, 1.82) is 0 Å². The van der Waals surface area contributed by atoms with E-state index in [1.807, 2.05) is 12.1 Å². The lowest BCUT2D eigenvalue weighted by atomic mass is 10.00. The normalized spacial score (nSPS) is 12.1. The Morgan fingerprint density at radius 2 is 1.20 bits per heavy atom. The molecular formula is C44H34N2O2P+. The first kappa shape index (κ1) is 29.6. The molecule has 0 radical (unpaired) electrons. The second-order valence-electron chi connectivity index (χ2n) is 12.8. The Labute approximate surface area is 285 Å². The van der Waals surface area contributed by atoms with Crippen LogP contribution < -0.4 is 20.7 Å². The maximum atomic E-state index is 13.8. The summed E-state index contributed by atoms with van der Waals surface area (Å²) in [5.74, 6) is 0.785. The highest BCUT2D eigenvalue weighted by Gasteiger charge is 2.47. The second kappa shape index (κ2) is 11.3. The molecular weight excluding hydrogens is 619 g/mol. The van der Waals surface area contributed by atoms with Crippen molar-refractivity contribution in [2.75, 3.05) is 7.11 Å². The Morgan fingerprint density at radius 3 is 1.86 bits per heavy atom. The van der Waals surface area contributed by atoms with Gasteiger partial charge in [-0.05, 0) is 100 Å². The van der Waals surface area contributed by atoms with Gasteiger partial charge in [0.05, 0.1) is 29.2 Å². The Bertz CT molecular complexity index is 2690. The number of hydrogen-bond acceptors (Lipinski definition) is 3. The summed E-state index contributed by atoms with van der Waals surface area (Å²) < 4.78 is 7.94. The van der Waals surface area contributed by atoms with Gasteiger partial charge in [-0.2, -0.15) is 0 Å². The molecule has 0 saturated heterocycles. The third-order valence-corrected chi connectivity index (χ3v) is 13.1. The molecule has 5 heteroatoms. The van der Waals surface area contributed by atoms with Crippen LogP contribution in [0.5, 0.6) is 5.75 Å². The highest BCUT2D eigenvalue weighted by Crippen LogP contribution is 2.55. The molecule has 0 spiro atoms. The van der Waals surface area contributed by atoms with Crippen molar-refractivity contribution in [2.45, 2.75) is 13.8 Å². The number of benzene rings is 7. The molecule has 7 aromatic carbocycles. The summed E-state index contributed by atoms with van der Waals surface area (Å²) >= 11 is 0. The van der Waals surface area contributed by atoms with Gasteiger partial charge in [0.25, 0.3) is 0 Å². The topological polar surface area (TPSA) is 46.8 Å². The molecule has 0 saturated carbocycles. The summed E-state index contributed by atoms with van der Waals surface area (Å²) in [4.78, 5) is 19.3. The van der Waals surface area contributed by atoms with E-state index in [4.69, 9.17) is 9.72 Å². The lowest BCUT2D eigenvalue weighted by Crippen LogP contribution is -2.32. The lowest BCUT2D eigenvalue weighted by molar-refractivity contribution is 0.415. The first-order chi connectivity index (χ1) is 23.9. The van der Waals surface area contributed by atoms with E-state index in [-0.39, 0.29) is 0 Å². The van der Waals surface area contributed by atoms with Crippen LogP contribution in [0.3, 0.4) is 0 Å². The maximum Gasteiger partial charge on any atom is 0.239 e. The number of aryl methyl sites for hydroxylation is 2. The number of aromatic nitrogens is 2. The van der Waals surface area contributed by atoms with Gasteiger partial charge in [-0.3, -0.25) is 0 Å². The van der Waals surface area contributed by atoms with Crippen LogP contribution >= 0.6 is 7.49 Å². The summed E-state index contributed by atoms with van der Waals surface area (Å²) in [6.45, 7) is 4.29. The predicted molar refractivity (Wildman–Crippen MR) is 208 cm³/mol. The number of ether oxygens (including phenoxy) is 1. The van der Waals surface area contributed by atoms with Crippen molar-refractivity contribution < 1.29 is 9.63 Å². The van der Waals surface area contributed by atoms with E-state index in [1.165, 1.54) is 0 Å². The molecule has 0 atom stereocenters. The largest absolute Gasteiger partial charge is 0.497 e. The monoisotopic (exact) mass is 653 g/mol. The molecule has 236 valence electrons. The molecule has 0 amide bonds. The van der Waals surface area contributed by atoms with E-state index in [0.717, 1.165) is 93.0 Å². The van der Waals surface area contributed by atoms with E-state index >= 15 is 0 Å². The summed E-state index contributed by atoms with van der Waals surface area (Å²) in [5, 5.41) is 9.33. The predicted octanol–water partition coefficient (Wildman–Crippen LogP) is 9.44. The summed E-state index contributed by atoms with van der Waals surface area (Å²) in [6.07, 6.45) is 0. The van der Waals surface area contributed by atoms with Gasteiger partial charge in [-0.25, -0.2) is 9.88 Å². The molecule has 2 aromatic heterocycles. The van der Waals surface area contributed by atoms with Crippen LogP contribution in [0.1, 0.15) is 11.3 Å². The molecule has 0 bridgehead atoms. The molecule has 1 N–H and O–H groups in total. The van der Waals surface area contributed by atoms with Gasteiger partial charge in [0.2, 0.25) is 7.49 Å². The molecule has 9 aromatic rings. The first-order valence-electron chi connectivity index (χ1n) is 16.5. The zero-order valence-corrected chi connectivity index (χ0v) is 28.4. The Morgan fingerprint density at radius 1 is 0.612 bits per heavy atom. The fraction of sp³-hybridized carbons (Fsp3) is 0.0682. The van der Waals surface area contributed by atoms with Crippen molar-refractivity contribution in [2.24, 2.45) is 0 Å². The lowest BCUT2D eigenvalue weighted by Gasteiger charge is -2.25. The van der Waals surface area contributed by atoms with Gasteiger partial charge in [0, 0.05) is 11.8 Å². The Hall–Kier alpha value is -5.54. The number of hydrogen-bond donors (Lipinski definition) is 1. The van der Waals surface area contributed by atoms with Crippen molar-refractivity contribution in [3.8, 4) is 17.0 Å². The third kappa shape index (κ3) is 4.56. The van der Waals surface area contributed by atoms with Crippen LogP contribution in [-0.2, 0) is 0 Å². The maximum absolute atomic E-state index is 13.8. The average Bonchev–Trinajstić information content (AvgIpc) is 3.46. The van der Waals surface area contributed by atoms with Crippen LogP contribution in [0.4, 0.5) is 0 Å². The van der Waals surface area contributed by atoms with E-state index < -0.39 is 7.49 Å². The van der Waals surface area contributed by atoms with E-state index in [2.05, 4.69) is 152 Å². The molecule has 0 aliphatic heterocycles. The number of methoxy groups -OCH3 is 1. The van der Waals surface area contributed by atoms with Crippen LogP contribution in [0, 0.1) is 13.8 Å². The minimum absolute atomic E-state index is 0.785. The van der Waals surface area contributed by atoms with E-state index in [0.29, 0.717) is 0 Å². The number of rotatable bonds is 5. The highest BCUT2D eigenvalue weighted by molar-refractivity contribution is 7.91. The summed E-state index contributed by atoms with van der Waals surface area (Å²) in [6, 6.07) is 50.6. The van der Waals surface area contributed by atoms with Gasteiger partial charge in [0.1, 0.15) is 27.4 Å². The van der Waals surface area contributed by atoms with Crippen molar-refractivity contribution in [3.05, 3.63) is 157 Å². The number of nitrogens with zero attached hydrogens (tertiary/aromatic N) is 2. The summed E-state index contributed by atoms with van der Waals surface area (Å²) in [7, 11) is -1.58. The van der Waals surface area contributed by atoms with Crippen molar-refractivity contribution in [1.82, 2.24) is 9.38 Å². The standard InChI is InChI=1S/C44H34N2O2P/c1-28-24-29(2)46-40-27-35(48-3)19-22-39(40)45-43(44(28)46)42-38-15-9-8-12-32(38)18-23-41(42)49(47,36-20-16-30-10-4-6-13-33(30)25-36)37-21-17-31-11-5-7-14-34(31)26-37/h4-27,47H,1-3H3/q+1. The molecule has 9 rings (SSSR count). The van der Waals surface area contributed by atoms with Crippen LogP contribution in [0.15, 0.2) is 146 Å². The smallest absolute Gasteiger partial charge is 0.239 e. The SMILES string of the molecule is COc1ccc2nc(-c3c([P+](O)(c4ccc5ccccc5c4)c4ccc5ccccc5c4)ccc4ccccc34)c3c(C)cc(C)n3c2c1. The molecule has 0 aliphatic carbocycles. The zero-order valence-electron chi connectivity index (χ0n) is 27.6. The van der Waals surface area contributed by atoms with Crippen molar-refractivity contribution >= 4 is 72.3 Å².